The smallest absolute Gasteiger partial charge is 0.164 e. The van der Waals surface area contributed by atoms with Crippen molar-refractivity contribution in [2.45, 2.75) is 24.9 Å². The first-order valence-electron chi connectivity index (χ1n) is 7.57. The van der Waals surface area contributed by atoms with Crippen molar-refractivity contribution in [3.63, 3.8) is 0 Å². The predicted octanol–water partition coefficient (Wildman–Crippen LogP) is 4.83. The van der Waals surface area contributed by atoms with Gasteiger partial charge in [0.2, 0.25) is 0 Å². The van der Waals surface area contributed by atoms with E-state index in [1.807, 2.05) is 0 Å². The lowest BCUT2D eigenvalue weighted by Crippen LogP contribution is -2.37. The van der Waals surface area contributed by atoms with Gasteiger partial charge in [0.1, 0.15) is 9.47 Å². The van der Waals surface area contributed by atoms with Crippen molar-refractivity contribution in [2.24, 2.45) is 5.92 Å². The molecule has 108 valence electrons. The van der Waals surface area contributed by atoms with Gasteiger partial charge in [-0.25, -0.2) is 4.52 Å². The fourth-order valence-corrected chi connectivity index (χ4v) is 4.03. The van der Waals surface area contributed by atoms with Crippen LogP contribution >= 0.6 is 9.47 Å². The zero-order chi connectivity index (χ0) is 14.5. The average Bonchev–Trinajstić information content (AvgIpc) is 2.59. The molecule has 2 unspecified atom stereocenters. The highest BCUT2D eigenvalue weighted by Crippen LogP contribution is 2.46. The van der Waals surface area contributed by atoms with E-state index < -0.39 is 0 Å². The molecule has 0 fully saturated rings. The summed E-state index contributed by atoms with van der Waals surface area (Å²) in [7, 11) is 1.62. The number of benzene rings is 2. The first-order chi connectivity index (χ1) is 10.4. The lowest BCUT2D eigenvalue weighted by molar-refractivity contribution is 0.0591. The van der Waals surface area contributed by atoms with Crippen molar-refractivity contribution in [3.05, 3.63) is 83.9 Å². The summed E-state index contributed by atoms with van der Waals surface area (Å²) in [6, 6.07) is 21.3. The van der Waals surface area contributed by atoms with E-state index in [1.54, 1.807) is 9.47 Å². The van der Waals surface area contributed by atoms with Crippen molar-refractivity contribution in [1.29, 1.82) is 0 Å². The number of hydrogen-bond acceptors (Lipinski definition) is 1. The first-order valence-corrected chi connectivity index (χ1v) is 8.15. The maximum Gasteiger partial charge on any atom is 0.164 e. The van der Waals surface area contributed by atoms with Crippen molar-refractivity contribution in [2.75, 3.05) is 0 Å². The van der Waals surface area contributed by atoms with Gasteiger partial charge in [0.05, 0.1) is 0 Å². The van der Waals surface area contributed by atoms with Gasteiger partial charge in [-0.3, -0.25) is 0 Å². The Morgan fingerprint density at radius 2 is 1.43 bits per heavy atom. The molecule has 0 amide bonds. The van der Waals surface area contributed by atoms with Crippen LogP contribution in [0.25, 0.3) is 0 Å². The summed E-state index contributed by atoms with van der Waals surface area (Å²) in [6.07, 6.45) is 7.96. The molecule has 2 aromatic rings. The van der Waals surface area contributed by atoms with Crippen molar-refractivity contribution < 1.29 is 4.52 Å². The molecule has 0 heterocycles. The third-order valence-electron chi connectivity index (χ3n) is 4.48. The molecule has 0 radical (unpaired) electrons. The SMILES string of the molecule is [PH3+]OC(c1ccccc1)(c1ccccc1)C1CC=CCC1. The second-order valence-electron chi connectivity index (χ2n) is 5.59. The quantitative estimate of drug-likeness (QED) is 0.580. The Kier molecular flexibility index (Phi) is 4.53. The summed E-state index contributed by atoms with van der Waals surface area (Å²) in [5.41, 5.74) is 2.17. The van der Waals surface area contributed by atoms with E-state index in [-0.39, 0.29) is 5.60 Å². The van der Waals surface area contributed by atoms with Crippen molar-refractivity contribution in [1.82, 2.24) is 0 Å². The highest BCUT2D eigenvalue weighted by Gasteiger charge is 2.44. The minimum Gasteiger partial charge on any atom is -0.230 e. The Labute approximate surface area is 129 Å². The molecular weight excluding hydrogens is 275 g/mol. The van der Waals surface area contributed by atoms with E-state index in [1.165, 1.54) is 17.5 Å². The van der Waals surface area contributed by atoms with Crippen LogP contribution in [0.3, 0.4) is 0 Å². The van der Waals surface area contributed by atoms with Crippen molar-refractivity contribution in [3.8, 4) is 0 Å². The Balaban J connectivity index is 2.15. The van der Waals surface area contributed by atoms with Gasteiger partial charge in [-0.1, -0.05) is 72.8 Å². The lowest BCUT2D eigenvalue weighted by atomic mass is 9.71. The number of hydrogen-bond donors (Lipinski definition) is 0. The van der Waals surface area contributed by atoms with E-state index in [9.17, 15) is 0 Å². The van der Waals surface area contributed by atoms with Gasteiger partial charge in [0.15, 0.2) is 5.60 Å². The zero-order valence-electron chi connectivity index (χ0n) is 12.2. The van der Waals surface area contributed by atoms with Gasteiger partial charge >= 0.3 is 0 Å². The fraction of sp³-hybridized carbons (Fsp3) is 0.263. The van der Waals surface area contributed by atoms with E-state index in [4.69, 9.17) is 4.52 Å². The highest BCUT2D eigenvalue weighted by molar-refractivity contribution is 7.09. The molecule has 2 heteroatoms. The van der Waals surface area contributed by atoms with E-state index >= 15 is 0 Å². The van der Waals surface area contributed by atoms with Crippen LogP contribution in [0.15, 0.2) is 72.8 Å². The molecule has 0 saturated carbocycles. The summed E-state index contributed by atoms with van der Waals surface area (Å²) in [6.45, 7) is 0. The zero-order valence-corrected chi connectivity index (χ0v) is 13.7. The summed E-state index contributed by atoms with van der Waals surface area (Å²) in [5, 5.41) is 0. The Morgan fingerprint density at radius 1 is 0.857 bits per heavy atom. The Hall–Kier alpha value is -1.43. The topological polar surface area (TPSA) is 9.23 Å². The Morgan fingerprint density at radius 3 is 1.86 bits per heavy atom. The van der Waals surface area contributed by atoms with Crippen LogP contribution in [-0.4, -0.2) is 0 Å². The molecule has 3 rings (SSSR count). The second kappa shape index (κ2) is 6.56. The molecule has 0 aromatic heterocycles. The monoisotopic (exact) mass is 297 g/mol. The molecule has 1 aliphatic carbocycles. The maximum atomic E-state index is 6.24. The minimum absolute atomic E-state index is 0.342. The molecule has 21 heavy (non-hydrogen) atoms. The molecule has 1 aliphatic rings. The summed E-state index contributed by atoms with van der Waals surface area (Å²) >= 11 is 0. The third-order valence-corrected chi connectivity index (χ3v) is 4.93. The Bertz CT molecular complexity index is 552. The van der Waals surface area contributed by atoms with Crippen molar-refractivity contribution >= 4 is 9.47 Å². The standard InChI is InChI=1S/C19H22OP/c21-20-19(16-10-4-1-5-11-16,17-12-6-2-7-13-17)18-14-8-3-9-15-18/h1-8,10-13,18H,9,14-15H2,21H3/q+1. The van der Waals surface area contributed by atoms with Crippen LogP contribution < -0.4 is 0 Å². The molecule has 0 saturated heterocycles. The van der Waals surface area contributed by atoms with Gasteiger partial charge < -0.3 is 0 Å². The average molecular weight is 297 g/mol. The fourth-order valence-electron chi connectivity index (χ4n) is 3.46. The molecule has 1 nitrogen and oxygen atoms in total. The maximum absolute atomic E-state index is 6.24. The summed E-state index contributed by atoms with van der Waals surface area (Å²) in [5.74, 6) is 0.477. The van der Waals surface area contributed by atoms with Gasteiger partial charge in [-0.05, 0) is 30.4 Å². The van der Waals surface area contributed by atoms with Gasteiger partial charge in [-0.2, -0.15) is 0 Å². The minimum atomic E-state index is -0.342. The number of rotatable bonds is 4. The first kappa shape index (κ1) is 14.5. The van der Waals surface area contributed by atoms with Gasteiger partial charge in [0, 0.05) is 5.92 Å². The van der Waals surface area contributed by atoms with Crippen LogP contribution in [0.5, 0.6) is 0 Å². The van der Waals surface area contributed by atoms with Crippen LogP contribution in [0, 0.1) is 5.92 Å². The molecule has 0 aliphatic heterocycles. The normalized spacial score (nSPS) is 18.8. The third kappa shape index (κ3) is 2.69. The van der Waals surface area contributed by atoms with Crippen LogP contribution in [0.4, 0.5) is 0 Å². The molecule has 0 bridgehead atoms. The van der Waals surface area contributed by atoms with Crippen LogP contribution in [0.2, 0.25) is 0 Å². The summed E-state index contributed by atoms with van der Waals surface area (Å²) < 4.78 is 6.24. The van der Waals surface area contributed by atoms with E-state index in [0.717, 1.165) is 12.8 Å². The van der Waals surface area contributed by atoms with Gasteiger partial charge in [-0.15, -0.1) is 0 Å². The second-order valence-corrected chi connectivity index (χ2v) is 5.88. The highest BCUT2D eigenvalue weighted by atomic mass is 31.0. The van der Waals surface area contributed by atoms with Crippen LogP contribution in [-0.2, 0) is 10.1 Å². The molecule has 2 atom stereocenters. The number of allylic oxidation sites excluding steroid dienone is 2. The van der Waals surface area contributed by atoms with Gasteiger partial charge in [0.25, 0.3) is 0 Å². The summed E-state index contributed by atoms with van der Waals surface area (Å²) in [4.78, 5) is 0. The lowest BCUT2D eigenvalue weighted by Gasteiger charge is -2.38. The largest absolute Gasteiger partial charge is 0.230 e. The molecule has 0 spiro atoms. The van der Waals surface area contributed by atoms with Crippen LogP contribution in [0.1, 0.15) is 30.4 Å². The molecule has 2 aromatic carbocycles. The molecular formula is C19H22OP+. The molecule has 0 N–H and O–H groups in total. The van der Waals surface area contributed by atoms with E-state index in [0.29, 0.717) is 5.92 Å². The predicted molar refractivity (Wildman–Crippen MR) is 92.3 cm³/mol. The van der Waals surface area contributed by atoms with E-state index in [2.05, 4.69) is 72.8 Å².